The molecule has 0 saturated carbocycles. The van der Waals surface area contributed by atoms with Crippen molar-refractivity contribution in [1.82, 2.24) is 0 Å². The Labute approximate surface area is 108 Å². The van der Waals surface area contributed by atoms with E-state index in [9.17, 15) is 4.79 Å². The zero-order valence-electron chi connectivity index (χ0n) is 10.8. The van der Waals surface area contributed by atoms with Crippen LogP contribution >= 0.6 is 0 Å². The summed E-state index contributed by atoms with van der Waals surface area (Å²) in [5.41, 5.74) is 6.79. The van der Waals surface area contributed by atoms with Crippen LogP contribution in [0.3, 0.4) is 0 Å². The molecule has 1 aromatic carbocycles. The number of benzene rings is 1. The Bertz CT molecular complexity index is 420. The zero-order chi connectivity index (χ0) is 13.0. The first-order chi connectivity index (χ1) is 8.72. The molecule has 1 atom stereocenters. The third kappa shape index (κ3) is 2.82. The van der Waals surface area contributed by atoms with E-state index in [0.717, 1.165) is 24.3 Å². The van der Waals surface area contributed by atoms with Crippen molar-refractivity contribution in [3.05, 3.63) is 24.3 Å². The lowest BCUT2D eigenvalue weighted by Crippen LogP contribution is -2.40. The van der Waals surface area contributed by atoms with Gasteiger partial charge in [0.05, 0.1) is 12.2 Å². The van der Waals surface area contributed by atoms with Gasteiger partial charge in [-0.3, -0.25) is 4.79 Å². The summed E-state index contributed by atoms with van der Waals surface area (Å²) in [6.07, 6.45) is 2.30. The summed E-state index contributed by atoms with van der Waals surface area (Å²) in [6, 6.07) is 7.59. The third-order valence-corrected chi connectivity index (χ3v) is 3.13. The average molecular weight is 248 g/mol. The number of amides is 1. The molecule has 98 valence electrons. The molecule has 1 amide bonds. The van der Waals surface area contributed by atoms with Gasteiger partial charge in [0, 0.05) is 12.5 Å². The van der Waals surface area contributed by atoms with Crippen LogP contribution in [0.15, 0.2) is 24.3 Å². The fourth-order valence-corrected chi connectivity index (χ4v) is 2.24. The normalized spacial score (nSPS) is 15.8. The summed E-state index contributed by atoms with van der Waals surface area (Å²) in [5, 5.41) is 0. The first-order valence-electron chi connectivity index (χ1n) is 6.50. The third-order valence-electron chi connectivity index (χ3n) is 3.13. The quantitative estimate of drug-likeness (QED) is 0.885. The molecule has 0 aliphatic carbocycles. The summed E-state index contributed by atoms with van der Waals surface area (Å²) >= 11 is 0. The van der Waals surface area contributed by atoms with E-state index in [1.807, 2.05) is 24.3 Å². The lowest BCUT2D eigenvalue weighted by molar-refractivity contribution is -0.119. The molecular formula is C14H20N2O2. The van der Waals surface area contributed by atoms with Gasteiger partial charge in [0.1, 0.15) is 12.4 Å². The van der Waals surface area contributed by atoms with E-state index in [4.69, 9.17) is 10.5 Å². The molecule has 2 rings (SSSR count). The number of carbonyl (C=O) groups is 1. The van der Waals surface area contributed by atoms with Crippen LogP contribution in [-0.4, -0.2) is 25.1 Å². The van der Waals surface area contributed by atoms with Crippen LogP contribution < -0.4 is 15.4 Å². The van der Waals surface area contributed by atoms with Crippen LogP contribution in [-0.2, 0) is 4.79 Å². The van der Waals surface area contributed by atoms with Crippen molar-refractivity contribution in [2.45, 2.75) is 32.2 Å². The molecule has 0 aromatic heterocycles. The number of hydrogen-bond acceptors (Lipinski definition) is 3. The molecule has 1 aromatic rings. The van der Waals surface area contributed by atoms with Crippen molar-refractivity contribution in [3.8, 4) is 5.75 Å². The lowest BCUT2D eigenvalue weighted by atomic mass is 10.1. The zero-order valence-corrected chi connectivity index (χ0v) is 10.8. The fourth-order valence-electron chi connectivity index (χ4n) is 2.24. The highest BCUT2D eigenvalue weighted by molar-refractivity contribution is 5.95. The van der Waals surface area contributed by atoms with E-state index in [1.165, 1.54) is 0 Å². The number of rotatable bonds is 4. The molecule has 1 aliphatic heterocycles. The van der Waals surface area contributed by atoms with Crippen molar-refractivity contribution >= 4 is 11.6 Å². The summed E-state index contributed by atoms with van der Waals surface area (Å²) in [7, 11) is 0. The molecule has 1 heterocycles. The number of carbonyl (C=O) groups excluding carboxylic acids is 1. The summed E-state index contributed by atoms with van der Waals surface area (Å²) in [4.78, 5) is 14.0. The number of nitrogens with zero attached hydrogens (tertiary/aromatic N) is 1. The van der Waals surface area contributed by atoms with Crippen LogP contribution in [0.2, 0.25) is 0 Å². The maximum atomic E-state index is 12.2. The Morgan fingerprint density at radius 1 is 1.50 bits per heavy atom. The summed E-state index contributed by atoms with van der Waals surface area (Å²) < 4.78 is 5.53. The summed E-state index contributed by atoms with van der Waals surface area (Å²) in [6.45, 7) is 3.23. The Morgan fingerprint density at radius 3 is 3.06 bits per heavy atom. The molecule has 4 heteroatoms. The van der Waals surface area contributed by atoms with E-state index < -0.39 is 0 Å². The Hall–Kier alpha value is -1.55. The van der Waals surface area contributed by atoms with Gasteiger partial charge < -0.3 is 15.4 Å². The lowest BCUT2D eigenvalue weighted by Gasteiger charge is -2.30. The second-order valence-corrected chi connectivity index (χ2v) is 4.61. The molecule has 1 unspecified atom stereocenters. The minimum Gasteiger partial charge on any atom is -0.490 e. The number of para-hydroxylation sites is 2. The minimum absolute atomic E-state index is 0.0440. The monoisotopic (exact) mass is 248 g/mol. The van der Waals surface area contributed by atoms with Crippen LogP contribution in [0.5, 0.6) is 5.75 Å². The Kier molecular flexibility index (Phi) is 4.20. The SMILES string of the molecule is CCCC(N)CC(=O)N1CCOc2ccccc21. The predicted octanol–water partition coefficient (Wildman–Crippen LogP) is 1.93. The highest BCUT2D eigenvalue weighted by Gasteiger charge is 2.24. The van der Waals surface area contributed by atoms with Gasteiger partial charge in [0.25, 0.3) is 0 Å². The first-order valence-corrected chi connectivity index (χ1v) is 6.50. The van der Waals surface area contributed by atoms with Crippen LogP contribution in [0.4, 0.5) is 5.69 Å². The van der Waals surface area contributed by atoms with Gasteiger partial charge in [0.2, 0.25) is 5.91 Å². The fraction of sp³-hybridized carbons (Fsp3) is 0.500. The largest absolute Gasteiger partial charge is 0.490 e. The van der Waals surface area contributed by atoms with Gasteiger partial charge in [-0.15, -0.1) is 0 Å². The number of anilines is 1. The van der Waals surface area contributed by atoms with Crippen molar-refractivity contribution in [3.63, 3.8) is 0 Å². The van der Waals surface area contributed by atoms with Crippen LogP contribution in [0, 0.1) is 0 Å². The van der Waals surface area contributed by atoms with E-state index >= 15 is 0 Å². The smallest absolute Gasteiger partial charge is 0.228 e. The molecule has 2 N–H and O–H groups in total. The molecule has 0 saturated heterocycles. The number of nitrogens with two attached hydrogens (primary N) is 1. The Balaban J connectivity index is 2.08. The van der Waals surface area contributed by atoms with E-state index in [1.54, 1.807) is 4.90 Å². The molecule has 4 nitrogen and oxygen atoms in total. The maximum absolute atomic E-state index is 12.2. The van der Waals surface area contributed by atoms with Crippen molar-refractivity contribution in [2.75, 3.05) is 18.1 Å². The maximum Gasteiger partial charge on any atom is 0.228 e. The standard InChI is InChI=1S/C14H20N2O2/c1-2-5-11(15)10-14(17)16-8-9-18-13-7-4-3-6-12(13)16/h3-4,6-7,11H,2,5,8-10,15H2,1H3. The van der Waals surface area contributed by atoms with E-state index in [2.05, 4.69) is 6.92 Å². The van der Waals surface area contributed by atoms with Gasteiger partial charge >= 0.3 is 0 Å². The molecular weight excluding hydrogens is 228 g/mol. The second kappa shape index (κ2) is 5.87. The van der Waals surface area contributed by atoms with Gasteiger partial charge in [-0.25, -0.2) is 0 Å². The highest BCUT2D eigenvalue weighted by atomic mass is 16.5. The topological polar surface area (TPSA) is 55.6 Å². The van der Waals surface area contributed by atoms with Crippen LogP contribution in [0.1, 0.15) is 26.2 Å². The van der Waals surface area contributed by atoms with Gasteiger partial charge in [0.15, 0.2) is 0 Å². The molecule has 18 heavy (non-hydrogen) atoms. The van der Waals surface area contributed by atoms with Gasteiger partial charge in [-0.05, 0) is 18.6 Å². The minimum atomic E-state index is -0.0440. The number of ether oxygens (including phenoxy) is 1. The van der Waals surface area contributed by atoms with E-state index in [-0.39, 0.29) is 11.9 Å². The average Bonchev–Trinajstić information content (AvgIpc) is 2.38. The molecule has 1 aliphatic rings. The highest BCUT2D eigenvalue weighted by Crippen LogP contribution is 2.31. The second-order valence-electron chi connectivity index (χ2n) is 4.61. The Morgan fingerprint density at radius 2 is 2.28 bits per heavy atom. The molecule has 0 radical (unpaired) electrons. The number of fused-ring (bicyclic) bond motifs is 1. The molecule has 0 fully saturated rings. The predicted molar refractivity (Wildman–Crippen MR) is 71.8 cm³/mol. The first kappa shape index (κ1) is 12.9. The molecule has 0 spiro atoms. The van der Waals surface area contributed by atoms with Crippen molar-refractivity contribution in [2.24, 2.45) is 5.73 Å². The molecule has 0 bridgehead atoms. The van der Waals surface area contributed by atoms with Gasteiger partial charge in [-0.2, -0.15) is 0 Å². The number of hydrogen-bond donors (Lipinski definition) is 1. The van der Waals surface area contributed by atoms with E-state index in [0.29, 0.717) is 19.6 Å². The van der Waals surface area contributed by atoms with Crippen LogP contribution in [0.25, 0.3) is 0 Å². The summed E-state index contributed by atoms with van der Waals surface area (Å²) in [5.74, 6) is 0.868. The van der Waals surface area contributed by atoms with Crippen molar-refractivity contribution < 1.29 is 9.53 Å². The van der Waals surface area contributed by atoms with Gasteiger partial charge in [-0.1, -0.05) is 25.5 Å². The van der Waals surface area contributed by atoms with Crippen molar-refractivity contribution in [1.29, 1.82) is 0 Å².